The molecule has 2 heterocycles. The molecule has 2 aliphatic heterocycles. The Bertz CT molecular complexity index is 2010. The fourth-order valence-corrected chi connectivity index (χ4v) is 7.63. The lowest BCUT2D eigenvalue weighted by molar-refractivity contribution is 0.536. The molecule has 6 aromatic rings. The van der Waals surface area contributed by atoms with Gasteiger partial charge < -0.3 is 4.90 Å². The maximum absolute atomic E-state index is 2.57. The van der Waals surface area contributed by atoms with Gasteiger partial charge in [0.2, 0.25) is 0 Å². The van der Waals surface area contributed by atoms with Crippen LogP contribution in [-0.2, 0) is 10.8 Å². The van der Waals surface area contributed by atoms with Gasteiger partial charge in [0.15, 0.2) is 0 Å². The average molecular weight is 542 g/mol. The molecule has 8 rings (SSSR count). The topological polar surface area (TPSA) is 3.24 Å². The SMILES string of the molecule is CCC1(C)c2cc(-c3cccc4ccccc34)ccc2N2c3ccccc3C(C)(C)c3cc(-c4ccccc4)cc1c32. The van der Waals surface area contributed by atoms with E-state index in [0.29, 0.717) is 0 Å². The van der Waals surface area contributed by atoms with Crippen LogP contribution in [0.3, 0.4) is 0 Å². The number of rotatable bonds is 3. The summed E-state index contributed by atoms with van der Waals surface area (Å²) in [5.74, 6) is 0. The number of anilines is 3. The van der Waals surface area contributed by atoms with Crippen molar-refractivity contribution >= 4 is 27.8 Å². The lowest BCUT2D eigenvalue weighted by Gasteiger charge is -2.50. The Labute approximate surface area is 249 Å². The molecular formula is C41H35N. The molecule has 0 spiro atoms. The highest BCUT2D eigenvalue weighted by atomic mass is 15.2. The van der Waals surface area contributed by atoms with Crippen LogP contribution in [0.5, 0.6) is 0 Å². The van der Waals surface area contributed by atoms with Crippen molar-refractivity contribution in [2.45, 2.75) is 44.9 Å². The molecule has 0 aromatic heterocycles. The quantitative estimate of drug-likeness (QED) is 0.215. The molecule has 0 amide bonds. The van der Waals surface area contributed by atoms with Crippen LogP contribution >= 0.6 is 0 Å². The maximum atomic E-state index is 2.57. The van der Waals surface area contributed by atoms with Crippen LogP contribution < -0.4 is 4.90 Å². The minimum atomic E-state index is -0.149. The summed E-state index contributed by atoms with van der Waals surface area (Å²) < 4.78 is 0. The normalized spacial score (nSPS) is 17.9. The van der Waals surface area contributed by atoms with Crippen molar-refractivity contribution in [3.05, 3.63) is 150 Å². The lowest BCUT2D eigenvalue weighted by Crippen LogP contribution is -2.39. The molecule has 0 radical (unpaired) electrons. The van der Waals surface area contributed by atoms with E-state index in [9.17, 15) is 0 Å². The summed E-state index contributed by atoms with van der Waals surface area (Å²) in [6.45, 7) is 9.62. The smallest absolute Gasteiger partial charge is 0.0544 e. The van der Waals surface area contributed by atoms with E-state index in [1.807, 2.05) is 0 Å². The standard InChI is InChI=1S/C41H35N/c1-5-41(4)34-24-29(32-19-13-17-28-16-9-10-18-31(28)32)22-23-38(34)42-37-21-12-11-20-33(37)40(2,3)35-25-30(26-36(41)39(35)42)27-14-7-6-8-15-27/h6-26H,5H2,1-4H3. The Balaban J connectivity index is 1.46. The van der Waals surface area contributed by atoms with Crippen LogP contribution in [0.25, 0.3) is 33.0 Å². The fourth-order valence-electron chi connectivity index (χ4n) is 7.63. The summed E-state index contributed by atoms with van der Waals surface area (Å²) >= 11 is 0. The Morgan fingerprint density at radius 3 is 2.02 bits per heavy atom. The van der Waals surface area contributed by atoms with E-state index >= 15 is 0 Å². The molecule has 2 aliphatic rings. The van der Waals surface area contributed by atoms with E-state index in [4.69, 9.17) is 0 Å². The van der Waals surface area contributed by atoms with Crippen molar-refractivity contribution in [3.8, 4) is 22.3 Å². The predicted octanol–water partition coefficient (Wildman–Crippen LogP) is 11.3. The van der Waals surface area contributed by atoms with Crippen molar-refractivity contribution in [1.29, 1.82) is 0 Å². The first-order valence-electron chi connectivity index (χ1n) is 15.2. The third-order valence-corrected chi connectivity index (χ3v) is 10.2. The molecule has 0 bridgehead atoms. The monoisotopic (exact) mass is 541 g/mol. The summed E-state index contributed by atoms with van der Waals surface area (Å²) in [7, 11) is 0. The zero-order valence-electron chi connectivity index (χ0n) is 24.8. The zero-order valence-corrected chi connectivity index (χ0v) is 24.8. The molecule has 42 heavy (non-hydrogen) atoms. The Morgan fingerprint density at radius 1 is 0.524 bits per heavy atom. The Hall–Kier alpha value is -4.62. The molecule has 6 aromatic carbocycles. The van der Waals surface area contributed by atoms with E-state index in [0.717, 1.165) is 6.42 Å². The predicted molar refractivity (Wildman–Crippen MR) is 178 cm³/mol. The minimum absolute atomic E-state index is 0.128. The molecule has 0 N–H and O–H groups in total. The second kappa shape index (κ2) is 8.94. The van der Waals surface area contributed by atoms with Gasteiger partial charge in [0, 0.05) is 10.8 Å². The summed E-state index contributed by atoms with van der Waals surface area (Å²) in [5, 5.41) is 2.58. The van der Waals surface area contributed by atoms with Gasteiger partial charge in [-0.2, -0.15) is 0 Å². The molecule has 204 valence electrons. The van der Waals surface area contributed by atoms with Gasteiger partial charge in [0.1, 0.15) is 0 Å². The molecule has 0 aliphatic carbocycles. The third kappa shape index (κ3) is 3.37. The molecule has 1 atom stereocenters. The van der Waals surface area contributed by atoms with Gasteiger partial charge in [-0.1, -0.05) is 125 Å². The van der Waals surface area contributed by atoms with Crippen molar-refractivity contribution in [2.24, 2.45) is 0 Å². The van der Waals surface area contributed by atoms with Gasteiger partial charge in [-0.3, -0.25) is 0 Å². The van der Waals surface area contributed by atoms with Gasteiger partial charge in [-0.25, -0.2) is 0 Å². The highest BCUT2D eigenvalue weighted by molar-refractivity contribution is 5.99. The third-order valence-electron chi connectivity index (χ3n) is 10.2. The Morgan fingerprint density at radius 2 is 1.19 bits per heavy atom. The van der Waals surface area contributed by atoms with Crippen molar-refractivity contribution in [2.75, 3.05) is 4.90 Å². The molecule has 0 saturated heterocycles. The van der Waals surface area contributed by atoms with E-state index in [1.165, 1.54) is 72.3 Å². The first kappa shape index (κ1) is 25.1. The fraction of sp³-hybridized carbons (Fsp3) is 0.171. The van der Waals surface area contributed by atoms with Crippen molar-refractivity contribution in [3.63, 3.8) is 0 Å². The highest BCUT2D eigenvalue weighted by Crippen LogP contribution is 2.61. The zero-order chi connectivity index (χ0) is 28.6. The molecular weight excluding hydrogens is 506 g/mol. The van der Waals surface area contributed by atoms with Gasteiger partial charge in [-0.05, 0) is 92.0 Å². The second-order valence-electron chi connectivity index (χ2n) is 12.7. The highest BCUT2D eigenvalue weighted by Gasteiger charge is 2.46. The molecule has 1 heteroatoms. The van der Waals surface area contributed by atoms with Crippen LogP contribution in [-0.4, -0.2) is 0 Å². The minimum Gasteiger partial charge on any atom is -0.309 e. The van der Waals surface area contributed by atoms with E-state index < -0.39 is 0 Å². The number of benzene rings is 6. The van der Waals surface area contributed by atoms with Gasteiger partial charge in [0.25, 0.3) is 0 Å². The number of nitrogens with zero attached hydrogens (tertiary/aromatic N) is 1. The summed E-state index contributed by atoms with van der Waals surface area (Å²) in [6, 6.07) is 47.5. The van der Waals surface area contributed by atoms with E-state index in [2.05, 4.69) is 160 Å². The van der Waals surface area contributed by atoms with Crippen LogP contribution in [0.15, 0.2) is 127 Å². The lowest BCUT2D eigenvalue weighted by atomic mass is 9.64. The van der Waals surface area contributed by atoms with E-state index in [1.54, 1.807) is 0 Å². The van der Waals surface area contributed by atoms with Crippen molar-refractivity contribution in [1.82, 2.24) is 0 Å². The summed E-state index contributed by atoms with van der Waals surface area (Å²) in [4.78, 5) is 2.57. The van der Waals surface area contributed by atoms with Crippen LogP contribution in [0.1, 0.15) is 56.4 Å². The molecule has 1 unspecified atom stereocenters. The van der Waals surface area contributed by atoms with Gasteiger partial charge >= 0.3 is 0 Å². The summed E-state index contributed by atoms with van der Waals surface area (Å²) in [5.41, 5.74) is 14.4. The molecule has 0 fully saturated rings. The van der Waals surface area contributed by atoms with Crippen molar-refractivity contribution < 1.29 is 0 Å². The number of hydrogen-bond acceptors (Lipinski definition) is 1. The van der Waals surface area contributed by atoms with Gasteiger partial charge in [0.05, 0.1) is 17.1 Å². The van der Waals surface area contributed by atoms with Crippen LogP contribution in [0, 0.1) is 0 Å². The number of fused-ring (bicyclic) bond motifs is 5. The van der Waals surface area contributed by atoms with E-state index in [-0.39, 0.29) is 10.8 Å². The summed E-state index contributed by atoms with van der Waals surface area (Å²) in [6.07, 6.45) is 1.01. The largest absolute Gasteiger partial charge is 0.309 e. The number of hydrogen-bond donors (Lipinski definition) is 0. The van der Waals surface area contributed by atoms with Crippen LogP contribution in [0.2, 0.25) is 0 Å². The Kier molecular flexibility index (Phi) is 5.35. The molecule has 1 nitrogen and oxygen atoms in total. The number of para-hydroxylation sites is 1. The van der Waals surface area contributed by atoms with Crippen LogP contribution in [0.4, 0.5) is 17.1 Å². The second-order valence-corrected chi connectivity index (χ2v) is 12.7. The van der Waals surface area contributed by atoms with Gasteiger partial charge in [-0.15, -0.1) is 0 Å². The molecule has 0 saturated carbocycles. The average Bonchev–Trinajstić information content (AvgIpc) is 3.04. The maximum Gasteiger partial charge on any atom is 0.0544 e. The first-order valence-corrected chi connectivity index (χ1v) is 15.2. The first-order chi connectivity index (χ1) is 20.4.